The average molecular weight is 538 g/mol. The van der Waals surface area contributed by atoms with Gasteiger partial charge in [0.1, 0.15) is 23.9 Å². The molecule has 2 heterocycles. The summed E-state index contributed by atoms with van der Waals surface area (Å²) in [6.45, 7) is 3.34. The average Bonchev–Trinajstić information content (AvgIpc) is 2.96. The van der Waals surface area contributed by atoms with E-state index in [0.717, 1.165) is 48.3 Å². The number of benzene rings is 2. The summed E-state index contributed by atoms with van der Waals surface area (Å²) in [5.41, 5.74) is 8.11. The van der Waals surface area contributed by atoms with Crippen molar-refractivity contribution in [3.05, 3.63) is 59.4 Å². The molecule has 1 amide bonds. The normalized spacial score (nSPS) is 24.3. The minimum Gasteiger partial charge on any atom is -0.399 e. The molecule has 2 aliphatic heterocycles. The fraction of sp³-hybridized carbons (Fsp3) is 0.429. The third-order valence-electron chi connectivity index (χ3n) is 6.76. The fourth-order valence-electron chi connectivity index (χ4n) is 4.55. The molecule has 2 aliphatic rings. The minimum absolute atomic E-state index is 0.00425. The van der Waals surface area contributed by atoms with Crippen molar-refractivity contribution in [2.45, 2.75) is 31.0 Å². The highest BCUT2D eigenvalue weighted by molar-refractivity contribution is 6.02. The predicted octanol–water partition coefficient (Wildman–Crippen LogP) is 0.572. The van der Waals surface area contributed by atoms with E-state index in [2.05, 4.69) is 27.7 Å². The van der Waals surface area contributed by atoms with Gasteiger partial charge in [0.2, 0.25) is 0 Å². The van der Waals surface area contributed by atoms with Crippen LogP contribution in [0.15, 0.2) is 53.9 Å². The molecule has 2 aromatic rings. The van der Waals surface area contributed by atoms with E-state index in [9.17, 15) is 20.3 Å². The van der Waals surface area contributed by atoms with Crippen LogP contribution in [-0.4, -0.2) is 87.2 Å². The van der Waals surface area contributed by atoms with E-state index in [1.165, 1.54) is 13.3 Å². The quantitative estimate of drug-likeness (QED) is 0.226. The second kappa shape index (κ2) is 13.4. The smallest absolute Gasteiger partial charge is 0.262 e. The van der Waals surface area contributed by atoms with Crippen molar-refractivity contribution in [1.29, 1.82) is 5.26 Å². The highest BCUT2D eigenvalue weighted by atomic mass is 16.7. The first kappa shape index (κ1) is 28.4. The molecule has 39 heavy (non-hydrogen) atoms. The first-order valence-corrected chi connectivity index (χ1v) is 12.9. The van der Waals surface area contributed by atoms with Gasteiger partial charge in [-0.2, -0.15) is 5.26 Å². The maximum Gasteiger partial charge on any atom is 0.262 e. The minimum atomic E-state index is -1.07. The fourth-order valence-corrected chi connectivity index (χ4v) is 4.55. The number of rotatable bonds is 9. The molecule has 2 saturated heterocycles. The standard InChI is InChI=1S/C28H35N5O6/c1-37-26-13-24(34)27(35)25(39-26)17-31-15-22(30)16-32-28(36)21(14-29)11-18-2-3-20-12-23(5-4-19(20)10-18)33-6-8-38-9-7-33/h2-5,10-12,15,24-27,31,34-35H,6-9,13,16-17,30H2,1H3,(H,32,36)/b21-11+,22-15-/t24?,25?,26-,27-/m0/s1. The number of aliphatic hydroxyl groups excluding tert-OH is 2. The van der Waals surface area contributed by atoms with Crippen LogP contribution < -0.4 is 21.3 Å². The first-order valence-electron chi connectivity index (χ1n) is 12.9. The molecule has 2 unspecified atom stereocenters. The summed E-state index contributed by atoms with van der Waals surface area (Å²) in [6.07, 6.45) is -0.125. The van der Waals surface area contributed by atoms with Crippen molar-refractivity contribution < 1.29 is 29.2 Å². The zero-order valence-electron chi connectivity index (χ0n) is 21.9. The van der Waals surface area contributed by atoms with Crippen molar-refractivity contribution in [2.75, 3.05) is 51.4 Å². The van der Waals surface area contributed by atoms with Crippen LogP contribution in [0, 0.1) is 11.3 Å². The first-order chi connectivity index (χ1) is 18.9. The van der Waals surface area contributed by atoms with E-state index >= 15 is 0 Å². The van der Waals surface area contributed by atoms with E-state index in [1.807, 2.05) is 30.3 Å². The number of fused-ring (bicyclic) bond motifs is 1. The van der Waals surface area contributed by atoms with Crippen LogP contribution >= 0.6 is 0 Å². The number of ether oxygens (including phenoxy) is 3. The van der Waals surface area contributed by atoms with Crippen LogP contribution in [0.25, 0.3) is 16.8 Å². The molecule has 11 nitrogen and oxygen atoms in total. The van der Waals surface area contributed by atoms with Gasteiger partial charge in [0.15, 0.2) is 6.29 Å². The Morgan fingerprint density at radius 1 is 1.23 bits per heavy atom. The third kappa shape index (κ3) is 7.47. The van der Waals surface area contributed by atoms with Crippen LogP contribution in [0.5, 0.6) is 0 Å². The van der Waals surface area contributed by atoms with Crippen LogP contribution in [0.3, 0.4) is 0 Å². The van der Waals surface area contributed by atoms with Gasteiger partial charge >= 0.3 is 0 Å². The van der Waals surface area contributed by atoms with Gasteiger partial charge in [-0.05, 0) is 40.6 Å². The lowest BCUT2D eigenvalue weighted by atomic mass is 10.0. The Hall–Kier alpha value is -3.66. The number of morpholine rings is 1. The lowest BCUT2D eigenvalue weighted by Gasteiger charge is -2.36. The monoisotopic (exact) mass is 537 g/mol. The lowest BCUT2D eigenvalue weighted by molar-refractivity contribution is -0.240. The number of carbonyl (C=O) groups is 1. The second-order valence-electron chi connectivity index (χ2n) is 9.50. The molecule has 0 saturated carbocycles. The maximum absolute atomic E-state index is 12.6. The summed E-state index contributed by atoms with van der Waals surface area (Å²) < 4.78 is 16.1. The molecule has 0 spiro atoms. The summed E-state index contributed by atoms with van der Waals surface area (Å²) in [4.78, 5) is 14.9. The zero-order chi connectivity index (χ0) is 27.8. The summed E-state index contributed by atoms with van der Waals surface area (Å²) in [5, 5.41) is 37.2. The largest absolute Gasteiger partial charge is 0.399 e. The number of amides is 1. The summed E-state index contributed by atoms with van der Waals surface area (Å²) in [6, 6.07) is 14.0. The Balaban J connectivity index is 1.32. The van der Waals surface area contributed by atoms with Crippen molar-refractivity contribution in [2.24, 2.45) is 5.73 Å². The summed E-state index contributed by atoms with van der Waals surface area (Å²) in [7, 11) is 1.46. The van der Waals surface area contributed by atoms with Gasteiger partial charge in [0.05, 0.1) is 25.9 Å². The molecule has 6 N–H and O–H groups in total. The van der Waals surface area contributed by atoms with Gasteiger partial charge in [-0.25, -0.2) is 0 Å². The van der Waals surface area contributed by atoms with Gasteiger partial charge in [0, 0.05) is 50.7 Å². The Kier molecular flexibility index (Phi) is 9.75. The predicted molar refractivity (Wildman–Crippen MR) is 146 cm³/mol. The molecule has 0 radical (unpaired) electrons. The van der Waals surface area contributed by atoms with E-state index in [0.29, 0.717) is 5.70 Å². The number of anilines is 1. The Labute approximate surface area is 227 Å². The third-order valence-corrected chi connectivity index (χ3v) is 6.76. The van der Waals surface area contributed by atoms with Gasteiger partial charge in [-0.15, -0.1) is 0 Å². The Morgan fingerprint density at radius 3 is 2.72 bits per heavy atom. The molecule has 2 fully saturated rings. The van der Waals surface area contributed by atoms with Crippen LogP contribution in [0.1, 0.15) is 12.0 Å². The number of hydrogen-bond acceptors (Lipinski definition) is 10. The number of nitriles is 1. The molecule has 2 aromatic carbocycles. The van der Waals surface area contributed by atoms with Crippen molar-refractivity contribution in [3.8, 4) is 6.07 Å². The number of hydrogen-bond donors (Lipinski definition) is 5. The van der Waals surface area contributed by atoms with Crippen LogP contribution in [0.4, 0.5) is 5.69 Å². The summed E-state index contributed by atoms with van der Waals surface area (Å²) in [5.74, 6) is -0.547. The van der Waals surface area contributed by atoms with Crippen molar-refractivity contribution in [3.63, 3.8) is 0 Å². The molecule has 0 aliphatic carbocycles. The van der Waals surface area contributed by atoms with E-state index < -0.39 is 30.5 Å². The van der Waals surface area contributed by atoms with Gasteiger partial charge < -0.3 is 45.7 Å². The van der Waals surface area contributed by atoms with Gasteiger partial charge in [-0.3, -0.25) is 4.79 Å². The highest BCUT2D eigenvalue weighted by Crippen LogP contribution is 2.25. The molecule has 0 aromatic heterocycles. The Morgan fingerprint density at radius 2 is 1.97 bits per heavy atom. The molecule has 0 bridgehead atoms. The van der Waals surface area contributed by atoms with E-state index in [1.54, 1.807) is 6.08 Å². The SMILES string of the molecule is CO[C@@H]1CC(O)[C@H](O)C(CN/C=C(\N)CNC(=O)/C(C#N)=C/c2ccc3cc(N4CCOCC4)ccc3c2)O1. The lowest BCUT2D eigenvalue weighted by Crippen LogP contribution is -2.52. The molecule has 208 valence electrons. The van der Waals surface area contributed by atoms with Crippen molar-refractivity contribution in [1.82, 2.24) is 10.6 Å². The van der Waals surface area contributed by atoms with Crippen molar-refractivity contribution >= 4 is 28.4 Å². The topological polar surface area (TPSA) is 162 Å². The number of nitrogens with one attached hydrogen (secondary N) is 2. The van der Waals surface area contributed by atoms with Crippen LogP contribution in [0.2, 0.25) is 0 Å². The van der Waals surface area contributed by atoms with E-state index in [-0.39, 0.29) is 25.1 Å². The number of nitrogens with two attached hydrogens (primary N) is 1. The number of nitrogens with zero attached hydrogens (tertiary/aromatic N) is 2. The molecular formula is C28H35N5O6. The maximum atomic E-state index is 12.6. The summed E-state index contributed by atoms with van der Waals surface area (Å²) >= 11 is 0. The highest BCUT2D eigenvalue weighted by Gasteiger charge is 2.36. The number of aliphatic hydroxyl groups is 2. The van der Waals surface area contributed by atoms with E-state index in [4.69, 9.17) is 19.9 Å². The van der Waals surface area contributed by atoms with Crippen LogP contribution in [-0.2, 0) is 19.0 Å². The zero-order valence-corrected chi connectivity index (χ0v) is 21.9. The van der Waals surface area contributed by atoms with Gasteiger partial charge in [-0.1, -0.05) is 18.2 Å². The second-order valence-corrected chi connectivity index (χ2v) is 9.50. The molecule has 11 heteroatoms. The molecule has 4 atom stereocenters. The number of methoxy groups -OCH3 is 1. The molecular weight excluding hydrogens is 502 g/mol. The molecule has 4 rings (SSSR count). The number of carbonyl (C=O) groups excluding carboxylic acids is 1. The van der Waals surface area contributed by atoms with Gasteiger partial charge in [0.25, 0.3) is 5.91 Å². The Bertz CT molecular complexity index is 1250.